The summed E-state index contributed by atoms with van der Waals surface area (Å²) in [5, 5.41) is 3.07. The maximum absolute atomic E-state index is 10.7. The summed E-state index contributed by atoms with van der Waals surface area (Å²) in [5.74, 6) is 0. The average molecular weight is 208 g/mol. The molecule has 1 aliphatic rings. The first-order chi connectivity index (χ1) is 6.70. The van der Waals surface area contributed by atoms with Crippen molar-refractivity contribution >= 4 is 29.7 Å². The summed E-state index contributed by atoms with van der Waals surface area (Å²) in [6, 6.07) is 6.00. The predicted octanol–water partition coefficient (Wildman–Crippen LogP) is 2.57. The Balaban J connectivity index is 2.50. The molecule has 0 bridgehead atoms. The van der Waals surface area contributed by atoms with Gasteiger partial charge >= 0.3 is 0 Å². The van der Waals surface area contributed by atoms with Gasteiger partial charge in [-0.2, -0.15) is 0 Å². The summed E-state index contributed by atoms with van der Waals surface area (Å²) in [6.45, 7) is 2.02. The van der Waals surface area contributed by atoms with Crippen LogP contribution in [-0.4, -0.2) is 11.8 Å². The second-order valence-electron chi connectivity index (χ2n) is 3.36. The Labute approximate surface area is 87.6 Å². The van der Waals surface area contributed by atoms with Crippen molar-refractivity contribution < 1.29 is 4.79 Å². The van der Waals surface area contributed by atoms with Gasteiger partial charge in [-0.25, -0.2) is 0 Å². The second kappa shape index (κ2) is 3.46. The Morgan fingerprint density at radius 2 is 2.29 bits per heavy atom. The van der Waals surface area contributed by atoms with Gasteiger partial charge in [-0.15, -0.1) is 0 Å². The highest BCUT2D eigenvalue weighted by atomic mass is 35.5. The highest BCUT2D eigenvalue weighted by Crippen LogP contribution is 2.28. The molecule has 0 aromatic heterocycles. The molecule has 0 spiro atoms. The van der Waals surface area contributed by atoms with Crippen LogP contribution in [0.25, 0.3) is 6.08 Å². The molecule has 1 aromatic rings. The van der Waals surface area contributed by atoms with Crippen LogP contribution in [0, 0.1) is 6.92 Å². The first kappa shape index (κ1) is 9.28. The lowest BCUT2D eigenvalue weighted by Crippen LogP contribution is -2.20. The van der Waals surface area contributed by atoms with Crippen LogP contribution in [-0.2, 0) is 4.79 Å². The number of aryl methyl sites for hydroxylation is 1. The molecule has 1 unspecified atom stereocenters. The summed E-state index contributed by atoms with van der Waals surface area (Å²) in [6.07, 6.45) is 2.60. The fourth-order valence-corrected chi connectivity index (χ4v) is 1.72. The van der Waals surface area contributed by atoms with E-state index in [0.717, 1.165) is 17.5 Å². The van der Waals surface area contributed by atoms with Gasteiger partial charge in [0.15, 0.2) is 0 Å². The van der Waals surface area contributed by atoms with Gasteiger partial charge in [-0.1, -0.05) is 23.7 Å². The highest BCUT2D eigenvalue weighted by Gasteiger charge is 2.17. The van der Waals surface area contributed by atoms with Crippen molar-refractivity contribution in [3.8, 4) is 0 Å². The van der Waals surface area contributed by atoms with Gasteiger partial charge in [0.1, 0.15) is 11.8 Å². The molecule has 72 valence electrons. The van der Waals surface area contributed by atoms with E-state index in [1.165, 1.54) is 5.56 Å². The monoisotopic (exact) mass is 207 g/mol. The minimum absolute atomic E-state index is 0.415. The summed E-state index contributed by atoms with van der Waals surface area (Å²) >= 11 is 5.95. The van der Waals surface area contributed by atoms with Crippen molar-refractivity contribution in [1.29, 1.82) is 0 Å². The van der Waals surface area contributed by atoms with Gasteiger partial charge < -0.3 is 5.32 Å². The first-order valence-electron chi connectivity index (χ1n) is 4.39. The maximum Gasteiger partial charge on any atom is 0.149 e. The molecule has 2 nitrogen and oxygen atoms in total. The number of rotatable bonds is 1. The quantitative estimate of drug-likeness (QED) is 0.436. The van der Waals surface area contributed by atoms with Crippen LogP contribution in [0.4, 0.5) is 5.69 Å². The average Bonchev–Trinajstić information content (AvgIpc) is 2.16. The van der Waals surface area contributed by atoms with Gasteiger partial charge in [0.2, 0.25) is 0 Å². The molecule has 3 heteroatoms. The molecule has 2 rings (SSSR count). The molecule has 1 heterocycles. The van der Waals surface area contributed by atoms with Crippen LogP contribution in [0.15, 0.2) is 23.8 Å². The molecule has 0 saturated carbocycles. The number of benzene rings is 1. The summed E-state index contributed by atoms with van der Waals surface area (Å²) < 4.78 is 0. The molecule has 1 atom stereocenters. The van der Waals surface area contributed by atoms with Gasteiger partial charge in [0, 0.05) is 11.3 Å². The van der Waals surface area contributed by atoms with Crippen molar-refractivity contribution in [3.05, 3.63) is 34.9 Å². The number of carbonyl (C=O) groups excluding carboxylic acids is 1. The molecule has 1 N–H and O–H groups in total. The Morgan fingerprint density at radius 3 is 3.00 bits per heavy atom. The number of nitrogens with one attached hydrogen (secondary N) is 1. The van der Waals surface area contributed by atoms with Crippen LogP contribution in [0.5, 0.6) is 0 Å². The number of fused-ring (bicyclic) bond motifs is 1. The number of anilines is 1. The van der Waals surface area contributed by atoms with E-state index in [1.807, 2.05) is 31.2 Å². The Hall–Kier alpha value is -1.28. The smallest absolute Gasteiger partial charge is 0.149 e. The zero-order valence-corrected chi connectivity index (χ0v) is 8.51. The van der Waals surface area contributed by atoms with E-state index in [4.69, 9.17) is 11.6 Å². The van der Waals surface area contributed by atoms with E-state index in [-0.39, 0.29) is 0 Å². The molecule has 0 aliphatic carbocycles. The molecule has 0 fully saturated rings. The van der Waals surface area contributed by atoms with E-state index in [9.17, 15) is 4.79 Å². The van der Waals surface area contributed by atoms with Crippen LogP contribution < -0.4 is 5.32 Å². The van der Waals surface area contributed by atoms with E-state index in [2.05, 4.69) is 5.32 Å². The Morgan fingerprint density at radius 1 is 1.50 bits per heavy atom. The van der Waals surface area contributed by atoms with Crippen LogP contribution in [0.1, 0.15) is 11.1 Å². The molecule has 0 radical (unpaired) electrons. The minimum atomic E-state index is -0.415. The number of halogens is 1. The number of aldehydes is 1. The van der Waals surface area contributed by atoms with Crippen LogP contribution >= 0.6 is 11.6 Å². The molecule has 0 amide bonds. The fraction of sp³-hybridized carbons (Fsp3) is 0.182. The molecule has 1 aromatic carbocycles. The molecule has 0 saturated heterocycles. The Kier molecular flexibility index (Phi) is 2.30. The van der Waals surface area contributed by atoms with Crippen molar-refractivity contribution in [3.63, 3.8) is 0 Å². The first-order valence-corrected chi connectivity index (χ1v) is 4.82. The van der Waals surface area contributed by atoms with Crippen LogP contribution in [0.2, 0.25) is 0 Å². The number of hydrogen-bond donors (Lipinski definition) is 1. The normalized spacial score (nSPS) is 19.3. The number of hydrogen-bond acceptors (Lipinski definition) is 2. The fourth-order valence-electron chi connectivity index (χ4n) is 1.49. The predicted molar refractivity (Wildman–Crippen MR) is 58.5 cm³/mol. The third kappa shape index (κ3) is 1.53. The standard InChI is InChI=1S/C11H10ClNO/c1-7-2-3-8-5-9(6-14)11(12)13-10(8)4-7/h2-6,11,13H,1H3. The van der Waals surface area contributed by atoms with Crippen molar-refractivity contribution in [2.75, 3.05) is 5.32 Å². The zero-order valence-electron chi connectivity index (χ0n) is 7.75. The third-order valence-electron chi connectivity index (χ3n) is 2.24. The van der Waals surface area contributed by atoms with Crippen molar-refractivity contribution in [2.24, 2.45) is 0 Å². The molecular weight excluding hydrogens is 198 g/mol. The molecule has 14 heavy (non-hydrogen) atoms. The zero-order chi connectivity index (χ0) is 10.1. The van der Waals surface area contributed by atoms with E-state index < -0.39 is 5.50 Å². The summed E-state index contributed by atoms with van der Waals surface area (Å²) in [7, 11) is 0. The lowest BCUT2D eigenvalue weighted by molar-refractivity contribution is -0.104. The molecular formula is C11H10ClNO. The summed E-state index contributed by atoms with van der Waals surface area (Å²) in [5.41, 5.74) is 3.32. The number of carbonyl (C=O) groups is 1. The van der Waals surface area contributed by atoms with Gasteiger partial charge in [-0.05, 0) is 30.2 Å². The maximum atomic E-state index is 10.7. The summed E-state index contributed by atoms with van der Waals surface area (Å²) in [4.78, 5) is 10.7. The van der Waals surface area contributed by atoms with E-state index in [1.54, 1.807) is 0 Å². The van der Waals surface area contributed by atoms with E-state index >= 15 is 0 Å². The second-order valence-corrected chi connectivity index (χ2v) is 3.80. The highest BCUT2D eigenvalue weighted by molar-refractivity contribution is 6.26. The van der Waals surface area contributed by atoms with E-state index in [0.29, 0.717) is 5.57 Å². The van der Waals surface area contributed by atoms with Crippen LogP contribution in [0.3, 0.4) is 0 Å². The van der Waals surface area contributed by atoms with Crippen molar-refractivity contribution in [1.82, 2.24) is 0 Å². The van der Waals surface area contributed by atoms with Gasteiger partial charge in [0.25, 0.3) is 0 Å². The number of alkyl halides is 1. The minimum Gasteiger partial charge on any atom is -0.365 e. The SMILES string of the molecule is Cc1ccc2c(c1)NC(Cl)C(C=O)=C2. The van der Waals surface area contributed by atoms with Crippen molar-refractivity contribution in [2.45, 2.75) is 12.4 Å². The third-order valence-corrected chi connectivity index (χ3v) is 2.60. The van der Waals surface area contributed by atoms with Gasteiger partial charge in [0.05, 0.1) is 0 Å². The Bertz CT molecular complexity index is 412. The topological polar surface area (TPSA) is 29.1 Å². The largest absolute Gasteiger partial charge is 0.365 e. The molecule has 1 aliphatic heterocycles. The lowest BCUT2D eigenvalue weighted by Gasteiger charge is -2.21. The van der Waals surface area contributed by atoms with Gasteiger partial charge in [-0.3, -0.25) is 4.79 Å². The lowest BCUT2D eigenvalue weighted by atomic mass is 10.0.